The molecule has 0 aliphatic heterocycles. The number of rotatable bonds is 0. The molecule has 0 bridgehead atoms. The number of halogens is 2. The molecule has 1 fully saturated rings. The van der Waals surface area contributed by atoms with E-state index in [1.165, 1.54) is 0 Å². The Hall–Kier alpha value is -0.220. The van der Waals surface area contributed by atoms with Crippen LogP contribution in [0.5, 0.6) is 0 Å². The third-order valence-electron chi connectivity index (χ3n) is 1.54. The highest BCUT2D eigenvalue weighted by molar-refractivity contribution is 4.90. The van der Waals surface area contributed by atoms with Crippen LogP contribution in [-0.2, 0) is 0 Å². The summed E-state index contributed by atoms with van der Waals surface area (Å²) in [5.41, 5.74) is 5.12. The summed E-state index contributed by atoms with van der Waals surface area (Å²) in [4.78, 5) is 0. The van der Waals surface area contributed by atoms with Gasteiger partial charge < -0.3 is 10.8 Å². The molecule has 0 radical (unpaired) electrons. The van der Waals surface area contributed by atoms with Crippen LogP contribution in [0.1, 0.15) is 12.8 Å². The van der Waals surface area contributed by atoms with Gasteiger partial charge in [0.2, 0.25) is 0 Å². The van der Waals surface area contributed by atoms with E-state index in [4.69, 9.17) is 10.8 Å². The molecular formula is C5H9F2NO. The van der Waals surface area contributed by atoms with E-state index in [1.54, 1.807) is 0 Å². The predicted octanol–water partition coefficient (Wildman–Crippen LogP) is 0.104. The first-order valence-electron chi connectivity index (χ1n) is 2.83. The van der Waals surface area contributed by atoms with Crippen molar-refractivity contribution in [3.63, 3.8) is 0 Å². The molecule has 2 atom stereocenters. The monoisotopic (exact) mass is 137 g/mol. The maximum atomic E-state index is 12.2. The Balaban J connectivity index is 2.54. The number of hydrogen-bond acceptors (Lipinski definition) is 2. The highest BCUT2D eigenvalue weighted by atomic mass is 19.3. The standard InChI is InChI=1S/C5H9F2NO/c6-5(7)1-3(8)4(9)2-5/h3-4,9H,1-2,8H2/t3-,4-/m1/s1. The minimum Gasteiger partial charge on any atom is -0.391 e. The molecule has 0 aromatic heterocycles. The van der Waals surface area contributed by atoms with Gasteiger partial charge in [0.25, 0.3) is 5.92 Å². The third-order valence-corrected chi connectivity index (χ3v) is 1.54. The molecule has 0 amide bonds. The summed E-state index contributed by atoms with van der Waals surface area (Å²) in [6.07, 6.45) is -1.87. The average molecular weight is 137 g/mol. The lowest BCUT2D eigenvalue weighted by molar-refractivity contribution is -0.00355. The summed E-state index contributed by atoms with van der Waals surface area (Å²) in [5, 5.41) is 8.73. The zero-order chi connectivity index (χ0) is 7.07. The highest BCUT2D eigenvalue weighted by Gasteiger charge is 2.43. The Bertz CT molecular complexity index is 106. The molecule has 1 saturated carbocycles. The van der Waals surface area contributed by atoms with E-state index in [-0.39, 0.29) is 6.42 Å². The maximum absolute atomic E-state index is 12.2. The molecular weight excluding hydrogens is 128 g/mol. The maximum Gasteiger partial charge on any atom is 0.252 e. The zero-order valence-electron chi connectivity index (χ0n) is 4.85. The Morgan fingerprint density at radius 3 is 2.11 bits per heavy atom. The lowest BCUT2D eigenvalue weighted by Crippen LogP contribution is -2.28. The van der Waals surface area contributed by atoms with Crippen molar-refractivity contribution in [1.82, 2.24) is 0 Å². The Labute approximate surface area is 51.7 Å². The summed E-state index contributed by atoms with van der Waals surface area (Å²) in [5.74, 6) is -2.74. The quantitative estimate of drug-likeness (QED) is 0.497. The normalized spacial score (nSPS) is 41.3. The average Bonchev–Trinajstić information content (AvgIpc) is 1.79. The first kappa shape index (κ1) is 6.89. The van der Waals surface area contributed by atoms with Crippen molar-refractivity contribution in [1.29, 1.82) is 0 Å². The topological polar surface area (TPSA) is 46.2 Å². The van der Waals surface area contributed by atoms with Crippen molar-refractivity contribution in [2.75, 3.05) is 0 Å². The molecule has 0 spiro atoms. The summed E-state index contributed by atoms with van der Waals surface area (Å²) in [6, 6.07) is -0.736. The van der Waals surface area contributed by atoms with Crippen LogP contribution in [0.15, 0.2) is 0 Å². The van der Waals surface area contributed by atoms with Gasteiger partial charge in [0.05, 0.1) is 6.10 Å². The molecule has 0 aromatic carbocycles. The molecule has 54 valence electrons. The van der Waals surface area contributed by atoms with Gasteiger partial charge in [-0.2, -0.15) is 0 Å². The zero-order valence-corrected chi connectivity index (χ0v) is 4.85. The summed E-state index contributed by atoms with van der Waals surface area (Å²) < 4.78 is 24.4. The minimum atomic E-state index is -2.74. The first-order valence-corrected chi connectivity index (χ1v) is 2.83. The van der Waals surface area contributed by atoms with E-state index < -0.39 is 24.5 Å². The van der Waals surface area contributed by atoms with Gasteiger partial charge >= 0.3 is 0 Å². The van der Waals surface area contributed by atoms with Gasteiger partial charge in [0, 0.05) is 18.9 Å². The number of aliphatic hydroxyl groups excluding tert-OH is 1. The fourth-order valence-electron chi connectivity index (χ4n) is 1.02. The van der Waals surface area contributed by atoms with Gasteiger partial charge in [-0.1, -0.05) is 0 Å². The number of hydrogen-bond donors (Lipinski definition) is 2. The van der Waals surface area contributed by atoms with Crippen LogP contribution in [0.4, 0.5) is 8.78 Å². The van der Waals surface area contributed by atoms with E-state index in [1.807, 2.05) is 0 Å². The van der Waals surface area contributed by atoms with Crippen LogP contribution in [0.2, 0.25) is 0 Å². The SMILES string of the molecule is N[C@@H]1CC(F)(F)C[C@H]1O. The van der Waals surface area contributed by atoms with Gasteiger partial charge in [-0.05, 0) is 0 Å². The second-order valence-corrected chi connectivity index (χ2v) is 2.50. The van der Waals surface area contributed by atoms with Crippen LogP contribution in [0.25, 0.3) is 0 Å². The van der Waals surface area contributed by atoms with E-state index in [0.29, 0.717) is 0 Å². The molecule has 1 rings (SSSR count). The molecule has 0 aromatic rings. The number of alkyl halides is 2. The van der Waals surface area contributed by atoms with Gasteiger partial charge in [-0.25, -0.2) is 8.78 Å². The molecule has 0 unspecified atom stereocenters. The molecule has 3 N–H and O–H groups in total. The molecule has 0 heterocycles. The Morgan fingerprint density at radius 1 is 1.44 bits per heavy atom. The van der Waals surface area contributed by atoms with E-state index >= 15 is 0 Å². The molecule has 4 heteroatoms. The van der Waals surface area contributed by atoms with Gasteiger partial charge in [-0.15, -0.1) is 0 Å². The summed E-state index contributed by atoms with van der Waals surface area (Å²) >= 11 is 0. The van der Waals surface area contributed by atoms with Crippen molar-refractivity contribution in [3.05, 3.63) is 0 Å². The van der Waals surface area contributed by atoms with E-state index in [9.17, 15) is 8.78 Å². The largest absolute Gasteiger partial charge is 0.391 e. The lowest BCUT2D eigenvalue weighted by Gasteiger charge is -2.04. The van der Waals surface area contributed by atoms with Crippen LogP contribution in [0.3, 0.4) is 0 Å². The van der Waals surface area contributed by atoms with Crippen LogP contribution in [-0.4, -0.2) is 23.2 Å². The predicted molar refractivity (Wildman–Crippen MR) is 28.2 cm³/mol. The summed E-state index contributed by atoms with van der Waals surface area (Å²) in [6.45, 7) is 0. The van der Waals surface area contributed by atoms with Gasteiger partial charge in [-0.3, -0.25) is 0 Å². The van der Waals surface area contributed by atoms with Crippen molar-refractivity contribution >= 4 is 0 Å². The molecule has 9 heavy (non-hydrogen) atoms. The fraction of sp³-hybridized carbons (Fsp3) is 1.00. The van der Waals surface area contributed by atoms with Crippen LogP contribution >= 0.6 is 0 Å². The molecule has 1 aliphatic rings. The first-order chi connectivity index (χ1) is 4.01. The van der Waals surface area contributed by atoms with E-state index in [0.717, 1.165) is 0 Å². The molecule has 1 aliphatic carbocycles. The molecule has 2 nitrogen and oxygen atoms in total. The second kappa shape index (κ2) is 1.88. The Kier molecular flexibility index (Phi) is 1.44. The Morgan fingerprint density at radius 2 is 2.00 bits per heavy atom. The lowest BCUT2D eigenvalue weighted by atomic mass is 10.2. The third kappa shape index (κ3) is 1.37. The van der Waals surface area contributed by atoms with Crippen LogP contribution in [0, 0.1) is 0 Å². The van der Waals surface area contributed by atoms with Crippen molar-refractivity contribution < 1.29 is 13.9 Å². The fourth-order valence-corrected chi connectivity index (χ4v) is 1.02. The van der Waals surface area contributed by atoms with Crippen molar-refractivity contribution in [2.24, 2.45) is 5.73 Å². The molecule has 0 saturated heterocycles. The minimum absolute atomic E-state index is 0.381. The smallest absolute Gasteiger partial charge is 0.252 e. The summed E-state index contributed by atoms with van der Waals surface area (Å²) in [7, 11) is 0. The van der Waals surface area contributed by atoms with Gasteiger partial charge in [0.1, 0.15) is 0 Å². The second-order valence-electron chi connectivity index (χ2n) is 2.50. The number of aliphatic hydroxyl groups is 1. The van der Waals surface area contributed by atoms with Crippen molar-refractivity contribution in [3.8, 4) is 0 Å². The number of nitrogens with two attached hydrogens (primary N) is 1. The van der Waals surface area contributed by atoms with E-state index in [2.05, 4.69) is 0 Å². The highest BCUT2D eigenvalue weighted by Crippen LogP contribution is 2.33. The van der Waals surface area contributed by atoms with Crippen LogP contribution < -0.4 is 5.73 Å². The van der Waals surface area contributed by atoms with Crippen molar-refractivity contribution in [2.45, 2.75) is 30.9 Å². The van der Waals surface area contributed by atoms with Gasteiger partial charge in [0.15, 0.2) is 0 Å².